The van der Waals surface area contributed by atoms with E-state index in [1.54, 1.807) is 25.3 Å². The summed E-state index contributed by atoms with van der Waals surface area (Å²) in [4.78, 5) is 11.1. The van der Waals surface area contributed by atoms with Crippen molar-refractivity contribution in [1.82, 2.24) is 0 Å². The Kier molecular flexibility index (Phi) is 4.33. The summed E-state index contributed by atoms with van der Waals surface area (Å²) in [6, 6.07) is 13.7. The molecule has 0 unspecified atom stereocenters. The van der Waals surface area contributed by atoms with Crippen molar-refractivity contribution in [1.29, 1.82) is 0 Å². The van der Waals surface area contributed by atoms with Gasteiger partial charge in [-0.25, -0.2) is 0 Å². The molecule has 0 bridgehead atoms. The molecule has 0 fully saturated rings. The molecule has 0 atom stereocenters. The van der Waals surface area contributed by atoms with E-state index in [1.807, 2.05) is 12.1 Å². The molecule has 1 aliphatic carbocycles. The Morgan fingerprint density at radius 3 is 2.39 bits per heavy atom. The zero-order valence-electron chi connectivity index (χ0n) is 13.0. The van der Waals surface area contributed by atoms with Gasteiger partial charge in [-0.15, -0.1) is 0 Å². The fourth-order valence-corrected chi connectivity index (χ4v) is 2.93. The van der Waals surface area contributed by atoms with Crippen LogP contribution in [-0.2, 0) is 17.6 Å². The number of hydrogen-bond acceptors (Lipinski definition) is 4. The minimum Gasteiger partial charge on any atom is -0.493 e. The zero-order chi connectivity index (χ0) is 16.2. The van der Waals surface area contributed by atoms with Crippen molar-refractivity contribution in [3.05, 3.63) is 65.4 Å². The average Bonchev–Trinajstić information content (AvgIpc) is 2.98. The van der Waals surface area contributed by atoms with E-state index < -0.39 is 0 Å². The largest absolute Gasteiger partial charge is 0.493 e. The number of carbonyl (C=O) groups is 1. The number of hydrogen-bond donors (Lipinski definition) is 1. The molecule has 1 aliphatic rings. The van der Waals surface area contributed by atoms with E-state index in [0.29, 0.717) is 22.6 Å². The minimum absolute atomic E-state index is 0.0677. The number of carbonyl (C=O) groups excluding carboxylic acids is 1. The molecule has 4 heteroatoms. The van der Waals surface area contributed by atoms with Crippen LogP contribution in [0.15, 0.2) is 48.7 Å². The van der Waals surface area contributed by atoms with Crippen molar-refractivity contribution in [2.75, 3.05) is 7.11 Å². The van der Waals surface area contributed by atoms with Crippen molar-refractivity contribution >= 4 is 11.9 Å². The van der Waals surface area contributed by atoms with Gasteiger partial charge < -0.3 is 15.2 Å². The third-order valence-corrected chi connectivity index (χ3v) is 4.11. The van der Waals surface area contributed by atoms with Gasteiger partial charge >= 0.3 is 0 Å². The maximum absolute atomic E-state index is 11.1. The molecule has 0 saturated carbocycles. The third-order valence-electron chi connectivity index (χ3n) is 4.11. The van der Waals surface area contributed by atoms with Crippen molar-refractivity contribution in [3.8, 4) is 11.5 Å². The summed E-state index contributed by atoms with van der Waals surface area (Å²) in [5.74, 6) is 1.27. The highest BCUT2D eigenvalue weighted by Crippen LogP contribution is 2.33. The molecule has 2 aromatic carbocycles. The Morgan fingerprint density at radius 2 is 1.83 bits per heavy atom. The van der Waals surface area contributed by atoms with Crippen LogP contribution in [0.25, 0.3) is 5.57 Å². The Bertz CT molecular complexity index is 727. The van der Waals surface area contributed by atoms with Crippen molar-refractivity contribution in [3.63, 3.8) is 0 Å². The monoisotopic (exact) mass is 309 g/mol. The summed E-state index contributed by atoms with van der Waals surface area (Å²) < 4.78 is 11.5. The molecule has 0 aliphatic heterocycles. The molecular formula is C19H19NO3. The standard InChI is InChI=1S/C19H19NO3/c1-22-18-7-6-15(16(11-20)12-21)10-19(18)23-17-8-13-4-2-3-5-14(13)9-17/h2-7,10-12,17H,8-9,20H2,1H3. The molecule has 0 radical (unpaired) electrons. The lowest BCUT2D eigenvalue weighted by atomic mass is 10.1. The van der Waals surface area contributed by atoms with Crippen LogP contribution in [0.3, 0.4) is 0 Å². The van der Waals surface area contributed by atoms with E-state index in [4.69, 9.17) is 15.2 Å². The second-order valence-electron chi connectivity index (χ2n) is 5.52. The van der Waals surface area contributed by atoms with E-state index in [0.717, 1.165) is 19.1 Å². The van der Waals surface area contributed by atoms with Crippen molar-refractivity contribution in [2.24, 2.45) is 5.73 Å². The molecule has 0 spiro atoms. The zero-order valence-corrected chi connectivity index (χ0v) is 13.0. The van der Waals surface area contributed by atoms with Crippen LogP contribution in [0.4, 0.5) is 0 Å². The number of allylic oxidation sites excluding steroid dienone is 1. The predicted octanol–water partition coefficient (Wildman–Crippen LogP) is 2.74. The van der Waals surface area contributed by atoms with Gasteiger partial charge in [-0.2, -0.15) is 0 Å². The van der Waals surface area contributed by atoms with Gasteiger partial charge in [0.2, 0.25) is 0 Å². The van der Waals surface area contributed by atoms with Gasteiger partial charge in [0.25, 0.3) is 0 Å². The van der Waals surface area contributed by atoms with E-state index in [1.165, 1.54) is 17.3 Å². The van der Waals surface area contributed by atoms with Gasteiger partial charge in [0.1, 0.15) is 6.10 Å². The first kappa shape index (κ1) is 15.2. The van der Waals surface area contributed by atoms with Gasteiger partial charge in [0, 0.05) is 24.6 Å². The fraction of sp³-hybridized carbons (Fsp3) is 0.211. The van der Waals surface area contributed by atoms with E-state index >= 15 is 0 Å². The van der Waals surface area contributed by atoms with Crippen LogP contribution in [0.5, 0.6) is 11.5 Å². The predicted molar refractivity (Wildman–Crippen MR) is 89.5 cm³/mol. The molecule has 118 valence electrons. The smallest absolute Gasteiger partial charge is 0.162 e. The van der Waals surface area contributed by atoms with Crippen LogP contribution in [0.1, 0.15) is 16.7 Å². The van der Waals surface area contributed by atoms with Gasteiger partial charge in [-0.05, 0) is 28.8 Å². The summed E-state index contributed by atoms with van der Waals surface area (Å²) in [6.07, 6.45) is 3.84. The van der Waals surface area contributed by atoms with Gasteiger partial charge in [-0.1, -0.05) is 30.3 Å². The lowest BCUT2D eigenvalue weighted by Gasteiger charge is -2.17. The Morgan fingerprint density at radius 1 is 1.13 bits per heavy atom. The second-order valence-corrected chi connectivity index (χ2v) is 5.52. The van der Waals surface area contributed by atoms with E-state index in [-0.39, 0.29) is 6.10 Å². The maximum atomic E-state index is 11.1. The van der Waals surface area contributed by atoms with Crippen LogP contribution < -0.4 is 15.2 Å². The van der Waals surface area contributed by atoms with Gasteiger partial charge in [0.05, 0.1) is 7.11 Å². The lowest BCUT2D eigenvalue weighted by Crippen LogP contribution is -2.17. The summed E-state index contributed by atoms with van der Waals surface area (Å²) >= 11 is 0. The quantitative estimate of drug-likeness (QED) is 0.681. The van der Waals surface area contributed by atoms with E-state index in [9.17, 15) is 4.79 Å². The molecule has 3 rings (SSSR count). The molecule has 2 aromatic rings. The number of methoxy groups -OCH3 is 1. The van der Waals surface area contributed by atoms with E-state index in [2.05, 4.69) is 12.1 Å². The number of fused-ring (bicyclic) bond motifs is 1. The van der Waals surface area contributed by atoms with Gasteiger partial charge in [0.15, 0.2) is 17.8 Å². The highest BCUT2D eigenvalue weighted by molar-refractivity contribution is 6.06. The fourth-order valence-electron chi connectivity index (χ4n) is 2.93. The van der Waals surface area contributed by atoms with Crippen molar-refractivity contribution < 1.29 is 14.3 Å². The van der Waals surface area contributed by atoms with Crippen molar-refractivity contribution in [2.45, 2.75) is 18.9 Å². The average molecular weight is 309 g/mol. The molecule has 0 amide bonds. The molecule has 23 heavy (non-hydrogen) atoms. The first-order valence-corrected chi connectivity index (χ1v) is 7.54. The SMILES string of the molecule is COc1ccc(C(C=O)=CN)cc1OC1Cc2ccccc2C1. The highest BCUT2D eigenvalue weighted by Gasteiger charge is 2.23. The number of benzene rings is 2. The molecule has 4 nitrogen and oxygen atoms in total. The lowest BCUT2D eigenvalue weighted by molar-refractivity contribution is -0.103. The summed E-state index contributed by atoms with van der Waals surface area (Å²) in [7, 11) is 1.60. The van der Waals surface area contributed by atoms with Crippen LogP contribution >= 0.6 is 0 Å². The number of nitrogens with two attached hydrogens (primary N) is 1. The molecule has 0 saturated heterocycles. The molecule has 0 aromatic heterocycles. The minimum atomic E-state index is 0.0677. The maximum Gasteiger partial charge on any atom is 0.162 e. The first-order valence-electron chi connectivity index (χ1n) is 7.54. The summed E-state index contributed by atoms with van der Waals surface area (Å²) in [5, 5.41) is 0. The normalized spacial score (nSPS) is 14.4. The highest BCUT2D eigenvalue weighted by atomic mass is 16.5. The van der Waals surface area contributed by atoms with Crippen LogP contribution in [0.2, 0.25) is 0 Å². The number of rotatable bonds is 5. The summed E-state index contributed by atoms with van der Waals surface area (Å²) in [6.45, 7) is 0. The third kappa shape index (κ3) is 3.06. The Hall–Kier alpha value is -2.75. The molecule has 2 N–H and O–H groups in total. The molecule has 0 heterocycles. The second kappa shape index (κ2) is 6.57. The van der Waals surface area contributed by atoms with Crippen LogP contribution in [-0.4, -0.2) is 19.5 Å². The Labute approximate surface area is 135 Å². The Balaban J connectivity index is 1.85. The number of ether oxygens (including phenoxy) is 2. The first-order chi connectivity index (χ1) is 11.2. The molecular weight excluding hydrogens is 290 g/mol. The topological polar surface area (TPSA) is 61.5 Å². The van der Waals surface area contributed by atoms with Crippen LogP contribution in [0, 0.1) is 0 Å². The number of aldehydes is 1. The summed E-state index contributed by atoms with van der Waals surface area (Å²) in [5.41, 5.74) is 9.28. The van der Waals surface area contributed by atoms with Gasteiger partial charge in [-0.3, -0.25) is 4.79 Å².